The Morgan fingerprint density at radius 2 is 2.05 bits per heavy atom. The van der Waals surface area contributed by atoms with E-state index in [2.05, 4.69) is 0 Å². The van der Waals surface area contributed by atoms with Crippen LogP contribution in [0.15, 0.2) is 6.07 Å². The van der Waals surface area contributed by atoms with Crippen LogP contribution in [0.2, 0.25) is 0 Å². The van der Waals surface area contributed by atoms with Crippen LogP contribution in [0.4, 0.5) is 5.69 Å². The van der Waals surface area contributed by atoms with Gasteiger partial charge in [-0.15, -0.1) is 11.3 Å². The van der Waals surface area contributed by atoms with Gasteiger partial charge in [-0.1, -0.05) is 0 Å². The number of fused-ring (bicyclic) bond motifs is 1. The third-order valence-corrected chi connectivity index (χ3v) is 4.51. The molecular formula is C14H15NO5S. The van der Waals surface area contributed by atoms with Gasteiger partial charge in [0.1, 0.15) is 0 Å². The van der Waals surface area contributed by atoms with E-state index in [-0.39, 0.29) is 35.8 Å². The molecule has 0 atom stereocenters. The Hall–Kier alpha value is -2.28. The SMILES string of the molecule is COc1cc2sc(C(=O)CCC(=O)O)c(C)c2c(N)c1O. The van der Waals surface area contributed by atoms with E-state index in [1.807, 2.05) is 0 Å². The van der Waals surface area contributed by atoms with Gasteiger partial charge in [0, 0.05) is 22.6 Å². The van der Waals surface area contributed by atoms with Gasteiger partial charge < -0.3 is 20.7 Å². The summed E-state index contributed by atoms with van der Waals surface area (Å²) in [7, 11) is 1.42. The van der Waals surface area contributed by atoms with E-state index in [9.17, 15) is 14.7 Å². The average Bonchev–Trinajstić information content (AvgIpc) is 2.77. The lowest BCUT2D eigenvalue weighted by atomic mass is 10.1. The Labute approximate surface area is 124 Å². The lowest BCUT2D eigenvalue weighted by Gasteiger charge is -2.07. The standard InChI is InChI=1S/C14H15NO5S/c1-6-11-9(5-8(20-2)13(19)12(11)15)21-14(6)7(16)3-4-10(17)18/h5,19H,3-4,15H2,1-2H3,(H,17,18). The van der Waals surface area contributed by atoms with Crippen molar-refractivity contribution in [3.63, 3.8) is 0 Å². The summed E-state index contributed by atoms with van der Waals surface area (Å²) in [6.07, 6.45) is -0.275. The van der Waals surface area contributed by atoms with Gasteiger partial charge in [-0.25, -0.2) is 0 Å². The van der Waals surface area contributed by atoms with Crippen molar-refractivity contribution in [3.05, 3.63) is 16.5 Å². The summed E-state index contributed by atoms with van der Waals surface area (Å²) in [6.45, 7) is 1.73. The van der Waals surface area contributed by atoms with Crippen LogP contribution in [-0.4, -0.2) is 29.1 Å². The number of nitrogens with two attached hydrogens (primary N) is 1. The zero-order valence-electron chi connectivity index (χ0n) is 11.6. The first-order valence-corrected chi connectivity index (χ1v) is 7.02. The molecule has 7 heteroatoms. The number of carbonyl (C=O) groups is 2. The van der Waals surface area contributed by atoms with E-state index in [4.69, 9.17) is 15.6 Å². The number of rotatable bonds is 5. The molecule has 112 valence electrons. The van der Waals surface area contributed by atoms with E-state index in [0.717, 1.165) is 4.70 Å². The molecule has 1 aromatic heterocycles. The van der Waals surface area contributed by atoms with Crippen LogP contribution in [0.3, 0.4) is 0 Å². The minimum absolute atomic E-state index is 0.0635. The molecule has 0 aliphatic carbocycles. The molecule has 2 aromatic rings. The zero-order valence-corrected chi connectivity index (χ0v) is 12.4. The number of phenolic OH excluding ortho intramolecular Hbond substituents is 1. The van der Waals surface area contributed by atoms with Crippen molar-refractivity contribution in [1.29, 1.82) is 0 Å². The van der Waals surface area contributed by atoms with Gasteiger partial charge in [-0.3, -0.25) is 9.59 Å². The molecule has 0 aliphatic rings. The molecule has 0 saturated carbocycles. The predicted octanol–water partition coefficient (Wildman–Crippen LogP) is 2.55. The van der Waals surface area contributed by atoms with E-state index >= 15 is 0 Å². The molecule has 0 aliphatic heterocycles. The van der Waals surface area contributed by atoms with Gasteiger partial charge >= 0.3 is 5.97 Å². The van der Waals surface area contributed by atoms with Gasteiger partial charge in [0.25, 0.3) is 0 Å². The van der Waals surface area contributed by atoms with Gasteiger partial charge in [0.05, 0.1) is 24.1 Å². The van der Waals surface area contributed by atoms with E-state index < -0.39 is 5.97 Å². The van der Waals surface area contributed by atoms with Crippen LogP contribution < -0.4 is 10.5 Å². The molecule has 6 nitrogen and oxygen atoms in total. The summed E-state index contributed by atoms with van der Waals surface area (Å²) in [4.78, 5) is 23.1. The maximum absolute atomic E-state index is 12.1. The highest BCUT2D eigenvalue weighted by Gasteiger charge is 2.21. The first kappa shape index (κ1) is 15.1. The van der Waals surface area contributed by atoms with Crippen LogP contribution in [0.5, 0.6) is 11.5 Å². The second-order valence-electron chi connectivity index (χ2n) is 4.59. The molecule has 0 bridgehead atoms. The number of ether oxygens (including phenoxy) is 1. The van der Waals surface area contributed by atoms with Crippen LogP contribution in [0.25, 0.3) is 10.1 Å². The van der Waals surface area contributed by atoms with Crippen LogP contribution >= 0.6 is 11.3 Å². The third-order valence-electron chi connectivity index (χ3n) is 3.23. The number of hydrogen-bond donors (Lipinski definition) is 3. The number of hydrogen-bond acceptors (Lipinski definition) is 6. The predicted molar refractivity (Wildman–Crippen MR) is 80.4 cm³/mol. The fourth-order valence-electron chi connectivity index (χ4n) is 2.17. The maximum Gasteiger partial charge on any atom is 0.303 e. The number of methoxy groups -OCH3 is 1. The number of carbonyl (C=O) groups excluding carboxylic acids is 1. The fourth-order valence-corrected chi connectivity index (χ4v) is 3.39. The Bertz CT molecular complexity index is 735. The van der Waals surface area contributed by atoms with Gasteiger partial charge in [0.2, 0.25) is 0 Å². The van der Waals surface area contributed by atoms with Gasteiger partial charge in [0.15, 0.2) is 17.3 Å². The Kier molecular flexibility index (Phi) is 4.04. The number of aromatic hydroxyl groups is 1. The number of thiophene rings is 1. The molecule has 0 fully saturated rings. The summed E-state index contributed by atoms with van der Waals surface area (Å²) < 4.78 is 5.76. The van der Waals surface area contributed by atoms with Crippen LogP contribution in [-0.2, 0) is 4.79 Å². The number of aliphatic carboxylic acids is 1. The molecule has 2 rings (SSSR count). The monoisotopic (exact) mass is 309 g/mol. The van der Waals surface area contributed by atoms with E-state index in [1.165, 1.54) is 18.4 Å². The number of nitrogen functional groups attached to an aromatic ring is 1. The number of ketones is 1. The first-order chi connectivity index (χ1) is 9.86. The topological polar surface area (TPSA) is 110 Å². The highest BCUT2D eigenvalue weighted by atomic mass is 32.1. The number of anilines is 1. The normalized spacial score (nSPS) is 10.8. The number of carboxylic acids is 1. The van der Waals surface area contributed by atoms with Crippen molar-refractivity contribution in [2.24, 2.45) is 0 Å². The van der Waals surface area contributed by atoms with E-state index in [1.54, 1.807) is 13.0 Å². The number of Topliss-reactive ketones (excluding diaryl/α,β-unsaturated/α-hetero) is 1. The quantitative estimate of drug-likeness (QED) is 0.445. The summed E-state index contributed by atoms with van der Waals surface area (Å²) >= 11 is 1.22. The number of phenols is 1. The minimum atomic E-state index is -1.01. The van der Waals surface area contributed by atoms with Crippen molar-refractivity contribution < 1.29 is 24.5 Å². The lowest BCUT2D eigenvalue weighted by Crippen LogP contribution is -2.03. The largest absolute Gasteiger partial charge is 0.503 e. The highest BCUT2D eigenvalue weighted by Crippen LogP contribution is 2.44. The summed E-state index contributed by atoms with van der Waals surface area (Å²) in [6, 6.07) is 1.62. The van der Waals surface area contributed by atoms with Crippen LogP contribution in [0, 0.1) is 6.92 Å². The maximum atomic E-state index is 12.1. The number of aryl methyl sites for hydroxylation is 1. The van der Waals surface area contributed by atoms with Crippen molar-refractivity contribution in [2.75, 3.05) is 12.8 Å². The van der Waals surface area contributed by atoms with Crippen LogP contribution in [0.1, 0.15) is 28.1 Å². The second-order valence-corrected chi connectivity index (χ2v) is 5.64. The van der Waals surface area contributed by atoms with Crippen molar-refractivity contribution in [2.45, 2.75) is 19.8 Å². The highest BCUT2D eigenvalue weighted by molar-refractivity contribution is 7.21. The van der Waals surface area contributed by atoms with Crippen molar-refractivity contribution in [1.82, 2.24) is 0 Å². The Morgan fingerprint density at radius 3 is 2.62 bits per heavy atom. The zero-order chi connectivity index (χ0) is 15.7. The van der Waals surface area contributed by atoms with Crippen molar-refractivity contribution >= 4 is 38.9 Å². The molecule has 0 saturated heterocycles. The molecule has 1 heterocycles. The smallest absolute Gasteiger partial charge is 0.303 e. The van der Waals surface area contributed by atoms with E-state index in [0.29, 0.717) is 15.8 Å². The average molecular weight is 309 g/mol. The first-order valence-electron chi connectivity index (χ1n) is 6.20. The third kappa shape index (κ3) is 2.64. The molecule has 1 aromatic carbocycles. The molecule has 21 heavy (non-hydrogen) atoms. The molecule has 0 spiro atoms. The molecule has 0 unspecified atom stereocenters. The Balaban J connectivity index is 2.53. The summed E-state index contributed by atoms with van der Waals surface area (Å²) in [5.74, 6) is -1.17. The molecule has 0 amide bonds. The lowest BCUT2D eigenvalue weighted by molar-refractivity contribution is -0.136. The molecule has 0 radical (unpaired) electrons. The van der Waals surface area contributed by atoms with Crippen molar-refractivity contribution in [3.8, 4) is 11.5 Å². The minimum Gasteiger partial charge on any atom is -0.503 e. The Morgan fingerprint density at radius 1 is 1.38 bits per heavy atom. The summed E-state index contributed by atoms with van der Waals surface area (Å²) in [5.41, 5.74) is 6.72. The molecule has 4 N–H and O–H groups in total. The molecular weight excluding hydrogens is 294 g/mol. The number of carboxylic acid groups (broad SMARTS) is 1. The summed E-state index contributed by atoms with van der Waals surface area (Å²) in [5, 5.41) is 19.2. The van der Waals surface area contributed by atoms with Gasteiger partial charge in [-0.2, -0.15) is 0 Å². The number of benzene rings is 1. The second kappa shape index (κ2) is 5.61. The van der Waals surface area contributed by atoms with Gasteiger partial charge in [-0.05, 0) is 12.5 Å². The fraction of sp³-hybridized carbons (Fsp3) is 0.286.